The molecule has 2 fully saturated rings. The molecular weight excluding hydrogens is 739 g/mol. The first kappa shape index (κ1) is 40.2. The lowest BCUT2D eigenvalue weighted by molar-refractivity contribution is -0.136. The summed E-state index contributed by atoms with van der Waals surface area (Å²) in [4.78, 5) is 76.7. The number of alkyl carbamates (subject to hydrolysis) is 2. The summed E-state index contributed by atoms with van der Waals surface area (Å²) < 4.78 is 9.62. The van der Waals surface area contributed by atoms with E-state index in [4.69, 9.17) is 24.4 Å². The van der Waals surface area contributed by atoms with E-state index in [0.29, 0.717) is 18.9 Å². The summed E-state index contributed by atoms with van der Waals surface area (Å²) in [7, 11) is 2.60. The number of pyridine rings is 1. The van der Waals surface area contributed by atoms with Gasteiger partial charge in [-0.25, -0.2) is 19.6 Å². The maximum atomic E-state index is 13.8. The number of aromatic amines is 2. The average Bonchev–Trinajstić information content (AvgIpc) is 4.09. The fraction of sp³-hybridized carbons (Fsp3) is 0.465. The molecule has 2 aromatic carbocycles. The molecule has 2 saturated heterocycles. The molecule has 0 bridgehead atoms. The minimum Gasteiger partial charge on any atom is -0.453 e. The van der Waals surface area contributed by atoms with Crippen molar-refractivity contribution >= 4 is 45.8 Å². The Kier molecular flexibility index (Phi) is 12.0. The number of hydrogen-bond acceptors (Lipinski definition) is 9. The summed E-state index contributed by atoms with van der Waals surface area (Å²) >= 11 is 0. The third kappa shape index (κ3) is 8.07. The molecule has 0 saturated carbocycles. The number of hydrogen-bond donors (Lipinski definition) is 4. The standard InChI is InChI=1S/C43H53N9O6/c1-7-24(3)36(49-42(55)57-5)40(53)51-17-9-11-34(51)38-45-22-32(47-38)29-16-14-26-19-28(15-13-27(26)20-29)30-21-31-33(23-44-30)48-39(46-31)35-12-10-18-52(35)41(54)37(25(4)8-2)50-43(56)58-6/h13-16,19-25,34-37H,7-12,17-18H2,1-6H3,(H,45,47)(H,46,48)(H,49,55)(H,50,56)/t24-,25-,34-,35-,36?,37?/m0/s1. The van der Waals surface area contributed by atoms with Gasteiger partial charge in [0, 0.05) is 24.2 Å². The zero-order chi connectivity index (χ0) is 41.1. The fourth-order valence-corrected chi connectivity index (χ4v) is 8.20. The number of H-pyrrole nitrogens is 2. The molecule has 2 unspecified atom stereocenters. The number of nitrogens with zero attached hydrogens (tertiary/aromatic N) is 5. The summed E-state index contributed by atoms with van der Waals surface area (Å²) in [6, 6.07) is 12.6. The number of rotatable bonds is 12. The highest BCUT2D eigenvalue weighted by atomic mass is 16.5. The Hall–Kier alpha value is -5.99. The second kappa shape index (κ2) is 17.2. The van der Waals surface area contributed by atoms with Crippen LogP contribution in [0.1, 0.15) is 90.0 Å². The van der Waals surface area contributed by atoms with Crippen LogP contribution in [0, 0.1) is 11.8 Å². The molecule has 0 radical (unpaired) electrons. The number of nitrogens with one attached hydrogen (secondary N) is 4. The molecule has 7 rings (SSSR count). The highest BCUT2D eigenvalue weighted by molar-refractivity contribution is 5.91. The van der Waals surface area contributed by atoms with Gasteiger partial charge in [-0.2, -0.15) is 0 Å². The molecule has 15 nitrogen and oxygen atoms in total. The first-order valence-corrected chi connectivity index (χ1v) is 20.3. The van der Waals surface area contributed by atoms with Gasteiger partial charge in [-0.05, 0) is 66.5 Å². The van der Waals surface area contributed by atoms with Gasteiger partial charge in [0.25, 0.3) is 0 Å². The summed E-state index contributed by atoms with van der Waals surface area (Å²) in [5, 5.41) is 7.59. The maximum absolute atomic E-state index is 13.8. The molecular formula is C43H53N9O6. The molecule has 5 heterocycles. The number of amides is 4. The van der Waals surface area contributed by atoms with Gasteiger partial charge in [0.15, 0.2) is 0 Å². The molecule has 6 atom stereocenters. The minimum atomic E-state index is -0.691. The zero-order valence-corrected chi connectivity index (χ0v) is 34.0. The van der Waals surface area contributed by atoms with E-state index in [2.05, 4.69) is 50.9 Å². The lowest BCUT2D eigenvalue weighted by Gasteiger charge is -2.30. The Bertz CT molecular complexity index is 2300. The van der Waals surface area contributed by atoms with Crippen LogP contribution in [0.15, 0.2) is 54.9 Å². The van der Waals surface area contributed by atoms with Gasteiger partial charge in [-0.1, -0.05) is 64.8 Å². The van der Waals surface area contributed by atoms with Crippen LogP contribution in [0.5, 0.6) is 0 Å². The second-order valence-electron chi connectivity index (χ2n) is 15.5. The summed E-state index contributed by atoms with van der Waals surface area (Å²) in [5.41, 5.74) is 5.09. The van der Waals surface area contributed by atoms with Gasteiger partial charge >= 0.3 is 12.2 Å². The third-order valence-corrected chi connectivity index (χ3v) is 12.0. The van der Waals surface area contributed by atoms with Crippen LogP contribution < -0.4 is 10.6 Å². The van der Waals surface area contributed by atoms with E-state index in [1.807, 2.05) is 55.8 Å². The highest BCUT2D eigenvalue weighted by Crippen LogP contribution is 2.36. The maximum Gasteiger partial charge on any atom is 0.407 e. The average molecular weight is 792 g/mol. The van der Waals surface area contributed by atoms with Gasteiger partial charge in [0.05, 0.1) is 61.1 Å². The van der Waals surface area contributed by atoms with Crippen LogP contribution in [0.4, 0.5) is 9.59 Å². The fourth-order valence-electron chi connectivity index (χ4n) is 8.20. The van der Waals surface area contributed by atoms with E-state index in [0.717, 1.165) is 88.7 Å². The van der Waals surface area contributed by atoms with Gasteiger partial charge in [0.2, 0.25) is 11.8 Å². The normalized spacial score (nSPS) is 18.9. The third-order valence-electron chi connectivity index (χ3n) is 12.0. The first-order chi connectivity index (χ1) is 28.0. The number of carbonyl (C=O) groups excluding carboxylic acids is 4. The lowest BCUT2D eigenvalue weighted by Crippen LogP contribution is -2.51. The predicted molar refractivity (Wildman–Crippen MR) is 219 cm³/mol. The molecule has 0 aliphatic carbocycles. The first-order valence-electron chi connectivity index (χ1n) is 20.3. The van der Waals surface area contributed by atoms with Crippen molar-refractivity contribution in [3.05, 3.63) is 66.5 Å². The molecule has 2 aliphatic rings. The van der Waals surface area contributed by atoms with Crippen molar-refractivity contribution in [1.82, 2.24) is 45.4 Å². The van der Waals surface area contributed by atoms with Crippen molar-refractivity contribution in [2.75, 3.05) is 27.3 Å². The van der Waals surface area contributed by atoms with Crippen LogP contribution in [-0.2, 0) is 19.1 Å². The second-order valence-corrected chi connectivity index (χ2v) is 15.5. The number of imidazole rings is 2. The van der Waals surface area contributed by atoms with E-state index < -0.39 is 24.3 Å². The molecule has 5 aromatic rings. The Labute approximate surface area is 337 Å². The zero-order valence-electron chi connectivity index (χ0n) is 34.0. The van der Waals surface area contributed by atoms with Crippen molar-refractivity contribution in [3.8, 4) is 22.5 Å². The number of carbonyl (C=O) groups is 4. The Morgan fingerprint density at radius 3 is 1.86 bits per heavy atom. The largest absolute Gasteiger partial charge is 0.453 e. The van der Waals surface area contributed by atoms with Crippen molar-refractivity contribution in [2.45, 2.75) is 90.4 Å². The summed E-state index contributed by atoms with van der Waals surface area (Å²) in [5.74, 6) is 1.03. The van der Waals surface area contributed by atoms with Crippen molar-refractivity contribution in [3.63, 3.8) is 0 Å². The van der Waals surface area contributed by atoms with Crippen LogP contribution in [-0.4, -0.2) is 98.1 Å². The quantitative estimate of drug-likeness (QED) is 0.103. The number of methoxy groups -OCH3 is 2. The van der Waals surface area contributed by atoms with E-state index in [-0.39, 0.29) is 35.7 Å². The van der Waals surface area contributed by atoms with E-state index in [9.17, 15) is 19.2 Å². The van der Waals surface area contributed by atoms with Crippen molar-refractivity contribution < 1.29 is 28.7 Å². The van der Waals surface area contributed by atoms with Gasteiger partial charge in [0.1, 0.15) is 23.7 Å². The summed E-state index contributed by atoms with van der Waals surface area (Å²) in [6.45, 7) is 9.07. The van der Waals surface area contributed by atoms with Gasteiger partial charge < -0.3 is 39.9 Å². The molecule has 2 aliphatic heterocycles. The minimum absolute atomic E-state index is 0.0609. The van der Waals surface area contributed by atoms with Gasteiger partial charge in [-0.15, -0.1) is 0 Å². The number of fused-ring (bicyclic) bond motifs is 2. The highest BCUT2D eigenvalue weighted by Gasteiger charge is 2.39. The molecule has 4 amide bonds. The molecule has 3 aromatic heterocycles. The lowest BCUT2D eigenvalue weighted by atomic mass is 9.97. The van der Waals surface area contributed by atoms with Crippen molar-refractivity contribution in [2.24, 2.45) is 11.8 Å². The molecule has 15 heteroatoms. The van der Waals surface area contributed by atoms with Crippen molar-refractivity contribution in [1.29, 1.82) is 0 Å². The Morgan fingerprint density at radius 1 is 0.741 bits per heavy atom. The Balaban J connectivity index is 1.07. The van der Waals surface area contributed by atoms with Gasteiger partial charge in [-0.3, -0.25) is 14.6 Å². The molecule has 306 valence electrons. The monoisotopic (exact) mass is 791 g/mol. The number of aromatic nitrogens is 5. The number of benzene rings is 2. The van der Waals surface area contributed by atoms with Crippen LogP contribution in [0.2, 0.25) is 0 Å². The SMILES string of the molecule is CC[C@H](C)C(NC(=O)OC)C(=O)N1CCC[C@H]1c1ncc(-c2ccc3cc(-c4cc5nc([C@@H]6CCCN6C(=O)C(NC(=O)OC)[C@@H](C)CC)[nH]c5cn4)ccc3c2)[nH]1. The number of likely N-dealkylation sites (tertiary alicyclic amines) is 2. The molecule has 0 spiro atoms. The van der Waals surface area contributed by atoms with E-state index in [1.165, 1.54) is 14.2 Å². The van der Waals surface area contributed by atoms with Crippen LogP contribution in [0.25, 0.3) is 44.3 Å². The van der Waals surface area contributed by atoms with Crippen LogP contribution in [0.3, 0.4) is 0 Å². The number of ether oxygens (including phenoxy) is 2. The Morgan fingerprint density at radius 2 is 1.29 bits per heavy atom. The van der Waals surface area contributed by atoms with Crippen LogP contribution >= 0.6 is 0 Å². The van der Waals surface area contributed by atoms with E-state index in [1.54, 1.807) is 6.20 Å². The topological polar surface area (TPSA) is 188 Å². The molecule has 58 heavy (non-hydrogen) atoms. The summed E-state index contributed by atoms with van der Waals surface area (Å²) in [6.07, 6.45) is 7.02. The predicted octanol–water partition coefficient (Wildman–Crippen LogP) is 7.04. The van der Waals surface area contributed by atoms with E-state index >= 15 is 0 Å². The molecule has 4 N–H and O–H groups in total. The smallest absolute Gasteiger partial charge is 0.407 e.